The molecule has 1 aromatic heterocycles. The molecule has 3 heterocycles. The molecule has 1 N–H and O–H groups in total. The molecule has 7 nitrogen and oxygen atoms in total. The molecule has 1 atom stereocenters. The van der Waals surface area contributed by atoms with Gasteiger partial charge in [-0.1, -0.05) is 30.3 Å². The number of carbonyl (C=O) groups excluding carboxylic acids is 3. The molecule has 0 bridgehead atoms. The van der Waals surface area contributed by atoms with Crippen molar-refractivity contribution in [3.05, 3.63) is 76.8 Å². The third-order valence-corrected chi connectivity index (χ3v) is 6.05. The standard InChI is InChI=1S/C22H18N4O3S/c27-18(24-22-23-11-13-30-22)10-5-12-25-19-14-6-1-2-7-15(14)21(29)26(19)17-9-4-3-8-16(17)20(25)28/h1-4,6-9,11,13,19H,5,10,12H2,(H,23,24,27). The van der Waals surface area contributed by atoms with Crippen LogP contribution in [0.5, 0.6) is 0 Å². The quantitative estimate of drug-likeness (QED) is 0.685. The van der Waals surface area contributed by atoms with Crippen LogP contribution in [0.4, 0.5) is 10.8 Å². The predicted molar refractivity (Wildman–Crippen MR) is 113 cm³/mol. The minimum atomic E-state index is -0.488. The second kappa shape index (κ2) is 7.38. The fourth-order valence-electron chi connectivity index (χ4n) is 4.08. The summed E-state index contributed by atoms with van der Waals surface area (Å²) in [5.74, 6) is -0.381. The van der Waals surface area contributed by atoms with E-state index in [1.165, 1.54) is 11.3 Å². The van der Waals surface area contributed by atoms with E-state index in [9.17, 15) is 14.4 Å². The number of benzene rings is 2. The van der Waals surface area contributed by atoms with Crippen molar-refractivity contribution in [3.8, 4) is 0 Å². The first-order valence-corrected chi connectivity index (χ1v) is 10.5. The van der Waals surface area contributed by atoms with Crippen molar-refractivity contribution in [2.24, 2.45) is 0 Å². The summed E-state index contributed by atoms with van der Waals surface area (Å²) in [5, 5.41) is 5.11. The lowest BCUT2D eigenvalue weighted by molar-refractivity contribution is -0.116. The Morgan fingerprint density at radius 3 is 2.60 bits per heavy atom. The Hall–Kier alpha value is -3.52. The van der Waals surface area contributed by atoms with Crippen LogP contribution in [0.1, 0.15) is 45.3 Å². The Balaban J connectivity index is 1.41. The number of fused-ring (bicyclic) bond motifs is 5. The van der Waals surface area contributed by atoms with Gasteiger partial charge in [-0.3, -0.25) is 19.3 Å². The summed E-state index contributed by atoms with van der Waals surface area (Å²) in [6.07, 6.45) is 1.88. The van der Waals surface area contributed by atoms with Gasteiger partial charge in [0.2, 0.25) is 5.91 Å². The van der Waals surface area contributed by atoms with Crippen molar-refractivity contribution in [1.82, 2.24) is 9.88 Å². The highest BCUT2D eigenvalue weighted by molar-refractivity contribution is 7.13. The molecule has 2 aromatic carbocycles. The molecule has 0 spiro atoms. The van der Waals surface area contributed by atoms with Crippen molar-refractivity contribution in [2.75, 3.05) is 16.8 Å². The molecule has 8 heteroatoms. The Labute approximate surface area is 177 Å². The maximum atomic E-state index is 13.3. The molecule has 0 saturated carbocycles. The summed E-state index contributed by atoms with van der Waals surface area (Å²) in [6, 6.07) is 14.6. The number of para-hydroxylation sites is 1. The summed E-state index contributed by atoms with van der Waals surface area (Å²) in [4.78, 5) is 46.0. The third kappa shape index (κ3) is 2.96. The van der Waals surface area contributed by atoms with E-state index >= 15 is 0 Å². The van der Waals surface area contributed by atoms with Gasteiger partial charge in [0.05, 0.1) is 11.3 Å². The van der Waals surface area contributed by atoms with Gasteiger partial charge >= 0.3 is 0 Å². The van der Waals surface area contributed by atoms with E-state index in [0.717, 1.165) is 5.56 Å². The SMILES string of the molecule is O=C(CCCN1C(=O)c2ccccc2N2C(=O)c3ccccc3C12)Nc1nccs1. The average molecular weight is 418 g/mol. The number of amides is 3. The van der Waals surface area contributed by atoms with Crippen molar-refractivity contribution >= 4 is 39.9 Å². The van der Waals surface area contributed by atoms with Gasteiger partial charge < -0.3 is 10.2 Å². The van der Waals surface area contributed by atoms with Crippen molar-refractivity contribution in [2.45, 2.75) is 19.0 Å². The summed E-state index contributed by atoms with van der Waals surface area (Å²) in [7, 11) is 0. The summed E-state index contributed by atoms with van der Waals surface area (Å²) >= 11 is 1.36. The van der Waals surface area contributed by atoms with E-state index in [4.69, 9.17) is 0 Å². The van der Waals surface area contributed by atoms with Crippen molar-refractivity contribution in [1.29, 1.82) is 0 Å². The first-order valence-electron chi connectivity index (χ1n) is 9.67. The second-order valence-corrected chi connectivity index (χ2v) is 8.04. The van der Waals surface area contributed by atoms with E-state index < -0.39 is 6.17 Å². The number of anilines is 2. The van der Waals surface area contributed by atoms with E-state index in [0.29, 0.717) is 34.9 Å². The largest absolute Gasteiger partial charge is 0.313 e. The van der Waals surface area contributed by atoms with Crippen LogP contribution in [0.25, 0.3) is 0 Å². The lowest BCUT2D eigenvalue weighted by atomic mass is 10.0. The van der Waals surface area contributed by atoms with E-state index in [2.05, 4.69) is 10.3 Å². The molecule has 0 fully saturated rings. The highest BCUT2D eigenvalue weighted by atomic mass is 32.1. The Bertz CT molecular complexity index is 1140. The van der Waals surface area contributed by atoms with Crippen LogP contribution in [0.15, 0.2) is 60.1 Å². The first-order chi connectivity index (χ1) is 14.6. The minimum absolute atomic E-state index is 0.109. The predicted octanol–water partition coefficient (Wildman–Crippen LogP) is 3.68. The highest BCUT2D eigenvalue weighted by Gasteiger charge is 2.47. The van der Waals surface area contributed by atoms with Gasteiger partial charge in [0, 0.05) is 35.7 Å². The van der Waals surface area contributed by atoms with Crippen LogP contribution in [0.2, 0.25) is 0 Å². The number of carbonyl (C=O) groups is 3. The maximum absolute atomic E-state index is 13.3. The van der Waals surface area contributed by atoms with Crippen LogP contribution < -0.4 is 10.2 Å². The molecule has 1 unspecified atom stereocenters. The number of nitrogens with one attached hydrogen (secondary N) is 1. The van der Waals surface area contributed by atoms with Gasteiger partial charge in [0.15, 0.2) is 5.13 Å². The van der Waals surface area contributed by atoms with Crippen LogP contribution in [0.3, 0.4) is 0 Å². The van der Waals surface area contributed by atoms with Gasteiger partial charge in [-0.15, -0.1) is 11.3 Å². The Kier molecular flexibility index (Phi) is 4.55. The topological polar surface area (TPSA) is 82.6 Å². The average Bonchev–Trinajstić information content (AvgIpc) is 3.37. The molecule has 3 aromatic rings. The number of rotatable bonds is 5. The van der Waals surface area contributed by atoms with Gasteiger partial charge in [0.25, 0.3) is 11.8 Å². The Morgan fingerprint density at radius 1 is 1.03 bits per heavy atom. The highest BCUT2D eigenvalue weighted by Crippen LogP contribution is 2.45. The second-order valence-electron chi connectivity index (χ2n) is 7.14. The zero-order valence-electron chi connectivity index (χ0n) is 15.9. The zero-order valence-corrected chi connectivity index (χ0v) is 16.8. The zero-order chi connectivity index (χ0) is 20.7. The molecule has 2 aliphatic heterocycles. The lowest BCUT2D eigenvalue weighted by Gasteiger charge is -2.41. The molecule has 0 radical (unpaired) electrons. The van der Waals surface area contributed by atoms with Gasteiger partial charge in [-0.2, -0.15) is 0 Å². The summed E-state index contributed by atoms with van der Waals surface area (Å²) in [6.45, 7) is 0.362. The first kappa shape index (κ1) is 18.5. The van der Waals surface area contributed by atoms with Gasteiger partial charge in [0.1, 0.15) is 6.17 Å². The molecule has 150 valence electrons. The fraction of sp³-hybridized carbons (Fsp3) is 0.182. The number of aromatic nitrogens is 1. The van der Waals surface area contributed by atoms with E-state index in [-0.39, 0.29) is 24.1 Å². The molecule has 0 saturated heterocycles. The van der Waals surface area contributed by atoms with Gasteiger partial charge in [-0.25, -0.2) is 4.98 Å². The summed E-state index contributed by atoms with van der Waals surface area (Å²) < 4.78 is 0. The van der Waals surface area contributed by atoms with E-state index in [1.54, 1.807) is 39.6 Å². The maximum Gasteiger partial charge on any atom is 0.260 e. The molecule has 30 heavy (non-hydrogen) atoms. The number of nitrogens with zero attached hydrogens (tertiary/aromatic N) is 3. The Morgan fingerprint density at radius 2 is 1.80 bits per heavy atom. The molecular formula is C22H18N4O3S. The van der Waals surface area contributed by atoms with E-state index in [1.807, 2.05) is 30.3 Å². The van der Waals surface area contributed by atoms with Gasteiger partial charge in [-0.05, 0) is 24.6 Å². The van der Waals surface area contributed by atoms with Crippen LogP contribution >= 0.6 is 11.3 Å². The minimum Gasteiger partial charge on any atom is -0.313 e. The molecule has 0 aliphatic carbocycles. The summed E-state index contributed by atoms with van der Waals surface area (Å²) in [5.41, 5.74) is 2.56. The number of thiazole rings is 1. The number of hydrogen-bond acceptors (Lipinski definition) is 5. The normalized spacial score (nSPS) is 16.9. The van der Waals surface area contributed by atoms with Crippen LogP contribution in [0, 0.1) is 0 Å². The smallest absolute Gasteiger partial charge is 0.260 e. The lowest BCUT2D eigenvalue weighted by Crippen LogP contribution is -2.48. The van der Waals surface area contributed by atoms with Crippen LogP contribution in [-0.4, -0.2) is 34.2 Å². The monoisotopic (exact) mass is 418 g/mol. The molecule has 3 amide bonds. The van der Waals surface area contributed by atoms with Crippen molar-refractivity contribution < 1.29 is 14.4 Å². The fourth-order valence-corrected chi connectivity index (χ4v) is 4.62. The van der Waals surface area contributed by atoms with Crippen molar-refractivity contribution in [3.63, 3.8) is 0 Å². The van der Waals surface area contributed by atoms with Crippen LogP contribution in [-0.2, 0) is 4.79 Å². The molecule has 2 aliphatic rings. The molecular weight excluding hydrogens is 400 g/mol. The number of hydrogen-bond donors (Lipinski definition) is 1. The third-order valence-electron chi connectivity index (χ3n) is 5.36. The molecule has 5 rings (SSSR count).